The Morgan fingerprint density at radius 2 is 1.68 bits per heavy atom. The van der Waals surface area contributed by atoms with Crippen LogP contribution in [0.4, 0.5) is 0 Å². The summed E-state index contributed by atoms with van der Waals surface area (Å²) in [5.74, 6) is 1.39. The first kappa shape index (κ1) is 22.5. The van der Waals surface area contributed by atoms with Gasteiger partial charge in [-0.05, 0) is 55.3 Å². The topological polar surface area (TPSA) is 100 Å². The second-order valence-electron chi connectivity index (χ2n) is 8.61. The van der Waals surface area contributed by atoms with E-state index in [9.17, 15) is 4.79 Å². The molecule has 0 aliphatic rings. The Kier molecular flexibility index (Phi) is 5.65. The lowest BCUT2D eigenvalue weighted by Gasteiger charge is -2.10. The van der Waals surface area contributed by atoms with E-state index in [1.807, 2.05) is 73.7 Å². The predicted octanol–water partition coefficient (Wildman–Crippen LogP) is 4.13. The van der Waals surface area contributed by atoms with Gasteiger partial charge in [0, 0.05) is 12.7 Å². The van der Waals surface area contributed by atoms with Crippen LogP contribution in [0, 0.1) is 6.92 Å². The van der Waals surface area contributed by atoms with Crippen molar-refractivity contribution in [1.29, 1.82) is 0 Å². The fourth-order valence-electron chi connectivity index (χ4n) is 4.39. The van der Waals surface area contributed by atoms with Crippen molar-refractivity contribution >= 4 is 39.4 Å². The quantitative estimate of drug-likeness (QED) is 0.326. The van der Waals surface area contributed by atoms with Gasteiger partial charge in [0.25, 0.3) is 5.56 Å². The first-order valence-electron chi connectivity index (χ1n) is 11.9. The fourth-order valence-corrected chi connectivity index (χ4v) is 4.39. The molecule has 37 heavy (non-hydrogen) atoms. The normalized spacial score (nSPS) is 11.7. The lowest BCUT2D eigenvalue weighted by Crippen LogP contribution is -2.25. The zero-order chi connectivity index (χ0) is 25.4. The van der Waals surface area contributed by atoms with Crippen LogP contribution in [0.15, 0.2) is 82.8 Å². The van der Waals surface area contributed by atoms with Crippen molar-refractivity contribution in [3.8, 4) is 5.75 Å². The highest BCUT2D eigenvalue weighted by atomic mass is 16.5. The van der Waals surface area contributed by atoms with Gasteiger partial charge >= 0.3 is 0 Å². The van der Waals surface area contributed by atoms with Gasteiger partial charge in [0.05, 0.1) is 30.1 Å². The highest BCUT2D eigenvalue weighted by Gasteiger charge is 2.21. The van der Waals surface area contributed by atoms with Crippen LogP contribution in [-0.2, 0) is 13.0 Å². The van der Waals surface area contributed by atoms with Gasteiger partial charge in [0.2, 0.25) is 0 Å². The van der Waals surface area contributed by atoms with Crippen molar-refractivity contribution in [3.05, 3.63) is 100 Å². The molecule has 0 unspecified atom stereocenters. The molecule has 6 aromatic rings. The molecule has 0 atom stereocenters. The SMILES string of the molecule is COc1ccc(CCn2c(C)nc3c(c2=O)c2nc4ccccc4nc2n3N=Cc2ccccn2)cc1. The molecule has 0 N–H and O–H groups in total. The number of fused-ring (bicyclic) bond motifs is 4. The molecule has 182 valence electrons. The van der Waals surface area contributed by atoms with Crippen molar-refractivity contribution in [2.45, 2.75) is 19.9 Å². The van der Waals surface area contributed by atoms with Crippen molar-refractivity contribution < 1.29 is 4.74 Å². The van der Waals surface area contributed by atoms with Gasteiger partial charge in [-0.3, -0.25) is 14.3 Å². The third kappa shape index (κ3) is 4.10. The molecule has 9 heteroatoms. The third-order valence-electron chi connectivity index (χ3n) is 6.31. The van der Waals surface area contributed by atoms with E-state index in [-0.39, 0.29) is 5.56 Å². The second-order valence-corrected chi connectivity index (χ2v) is 8.61. The highest BCUT2D eigenvalue weighted by molar-refractivity contribution is 6.04. The van der Waals surface area contributed by atoms with E-state index in [1.165, 1.54) is 0 Å². The van der Waals surface area contributed by atoms with Gasteiger partial charge < -0.3 is 4.74 Å². The van der Waals surface area contributed by atoms with Crippen LogP contribution >= 0.6 is 0 Å². The van der Waals surface area contributed by atoms with Crippen molar-refractivity contribution in [1.82, 2.24) is 29.2 Å². The lowest BCUT2D eigenvalue weighted by atomic mass is 10.1. The summed E-state index contributed by atoms with van der Waals surface area (Å²) in [6.07, 6.45) is 4.00. The minimum absolute atomic E-state index is 0.169. The summed E-state index contributed by atoms with van der Waals surface area (Å²) in [6.45, 7) is 2.31. The number of rotatable bonds is 6. The molecule has 4 heterocycles. The van der Waals surface area contributed by atoms with Crippen LogP contribution in [0.25, 0.3) is 33.2 Å². The molecule has 0 bridgehead atoms. The Balaban J connectivity index is 1.52. The number of aromatic nitrogens is 6. The Bertz CT molecular complexity index is 1840. The summed E-state index contributed by atoms with van der Waals surface area (Å²) in [7, 11) is 1.64. The summed E-state index contributed by atoms with van der Waals surface area (Å²) in [6, 6.07) is 21.0. The van der Waals surface area contributed by atoms with E-state index in [4.69, 9.17) is 19.7 Å². The molecule has 0 aliphatic carbocycles. The average Bonchev–Trinajstić information content (AvgIpc) is 3.23. The molecule has 0 spiro atoms. The van der Waals surface area contributed by atoms with Crippen LogP contribution in [0.2, 0.25) is 0 Å². The number of nitrogens with zero attached hydrogens (tertiary/aromatic N) is 7. The maximum absolute atomic E-state index is 13.9. The molecule has 2 aromatic carbocycles. The Hall–Kier alpha value is -4.92. The van der Waals surface area contributed by atoms with Gasteiger partial charge in [-0.25, -0.2) is 15.0 Å². The number of para-hydroxylation sites is 2. The number of hydrogen-bond donors (Lipinski definition) is 0. The zero-order valence-electron chi connectivity index (χ0n) is 20.4. The molecule has 0 radical (unpaired) electrons. The number of ether oxygens (including phenoxy) is 1. The largest absolute Gasteiger partial charge is 0.497 e. The van der Waals surface area contributed by atoms with Crippen LogP contribution in [0.5, 0.6) is 5.75 Å². The summed E-state index contributed by atoms with van der Waals surface area (Å²) in [5.41, 5.74) is 4.38. The van der Waals surface area contributed by atoms with Crippen LogP contribution < -0.4 is 10.3 Å². The van der Waals surface area contributed by atoms with Gasteiger partial charge in [-0.1, -0.05) is 30.3 Å². The van der Waals surface area contributed by atoms with Gasteiger partial charge in [0.1, 0.15) is 22.5 Å². The van der Waals surface area contributed by atoms with E-state index < -0.39 is 0 Å². The van der Waals surface area contributed by atoms with Crippen LogP contribution in [0.1, 0.15) is 17.1 Å². The van der Waals surface area contributed by atoms with E-state index in [1.54, 1.807) is 28.8 Å². The maximum atomic E-state index is 13.9. The number of pyridine rings is 1. The second kappa shape index (κ2) is 9.27. The summed E-state index contributed by atoms with van der Waals surface area (Å²) in [4.78, 5) is 32.6. The third-order valence-corrected chi connectivity index (χ3v) is 6.31. The molecule has 6 rings (SSSR count). The van der Waals surface area contributed by atoms with Gasteiger partial charge in [0.15, 0.2) is 11.3 Å². The summed E-state index contributed by atoms with van der Waals surface area (Å²) in [5, 5.41) is 5.02. The summed E-state index contributed by atoms with van der Waals surface area (Å²) >= 11 is 0. The zero-order valence-corrected chi connectivity index (χ0v) is 20.4. The van der Waals surface area contributed by atoms with Crippen LogP contribution in [0.3, 0.4) is 0 Å². The number of aryl methyl sites for hydroxylation is 2. The summed E-state index contributed by atoms with van der Waals surface area (Å²) < 4.78 is 8.52. The minimum Gasteiger partial charge on any atom is -0.497 e. The van der Waals surface area contributed by atoms with Crippen molar-refractivity contribution in [2.75, 3.05) is 7.11 Å². The van der Waals surface area contributed by atoms with Crippen molar-refractivity contribution in [3.63, 3.8) is 0 Å². The number of benzene rings is 2. The Morgan fingerprint density at radius 1 is 0.919 bits per heavy atom. The van der Waals surface area contributed by atoms with Crippen molar-refractivity contribution in [2.24, 2.45) is 5.10 Å². The van der Waals surface area contributed by atoms with E-state index >= 15 is 0 Å². The molecular formula is C28H23N7O2. The maximum Gasteiger partial charge on any atom is 0.265 e. The van der Waals surface area contributed by atoms with E-state index in [0.29, 0.717) is 57.7 Å². The van der Waals surface area contributed by atoms with Gasteiger partial charge in [-0.2, -0.15) is 9.78 Å². The Morgan fingerprint density at radius 3 is 2.41 bits per heavy atom. The standard InChI is InChI=1S/C28H23N7O2/c1-18-31-26-24(28(36)34(18)16-14-19-10-12-21(37-2)13-11-19)25-27(33-23-9-4-3-8-22(23)32-25)35(26)30-17-20-7-5-6-15-29-20/h3-13,15,17H,14,16H2,1-2H3. The first-order chi connectivity index (χ1) is 18.1. The molecule has 4 aromatic heterocycles. The molecule has 0 saturated carbocycles. The average molecular weight is 490 g/mol. The molecular weight excluding hydrogens is 466 g/mol. The molecule has 0 saturated heterocycles. The highest BCUT2D eigenvalue weighted by Crippen LogP contribution is 2.25. The monoisotopic (exact) mass is 489 g/mol. The lowest BCUT2D eigenvalue weighted by molar-refractivity contribution is 0.414. The molecule has 0 fully saturated rings. The van der Waals surface area contributed by atoms with Gasteiger partial charge in [-0.15, -0.1) is 0 Å². The molecule has 0 amide bonds. The predicted molar refractivity (Wildman–Crippen MR) is 143 cm³/mol. The number of hydrogen-bond acceptors (Lipinski definition) is 7. The Labute approximate surface area is 211 Å². The molecule has 0 aliphatic heterocycles. The fraction of sp³-hybridized carbons (Fsp3) is 0.143. The smallest absolute Gasteiger partial charge is 0.265 e. The minimum atomic E-state index is -0.169. The first-order valence-corrected chi connectivity index (χ1v) is 11.9. The van der Waals surface area contributed by atoms with Crippen LogP contribution in [-0.4, -0.2) is 42.5 Å². The molecule has 9 nitrogen and oxygen atoms in total. The van der Waals surface area contributed by atoms with E-state index in [0.717, 1.165) is 11.3 Å². The number of methoxy groups -OCH3 is 1. The van der Waals surface area contributed by atoms with E-state index in [2.05, 4.69) is 10.1 Å².